The van der Waals surface area contributed by atoms with Crippen molar-refractivity contribution in [2.45, 2.75) is 89.6 Å². The summed E-state index contributed by atoms with van der Waals surface area (Å²) >= 11 is 0. The van der Waals surface area contributed by atoms with Gasteiger partial charge in [-0.05, 0) is 6.42 Å². The Labute approximate surface area is 154 Å². The van der Waals surface area contributed by atoms with Gasteiger partial charge in [0, 0.05) is 18.8 Å². The topological polar surface area (TPSA) is 77.4 Å². The first-order valence-electron chi connectivity index (χ1n) is 9.87. The minimum absolute atomic E-state index is 0.0809. The van der Waals surface area contributed by atoms with Crippen LogP contribution in [-0.4, -0.2) is 54.6 Å². The van der Waals surface area contributed by atoms with Crippen LogP contribution in [0.2, 0.25) is 0 Å². The highest BCUT2D eigenvalue weighted by Crippen LogP contribution is 2.20. The van der Waals surface area contributed by atoms with Crippen molar-refractivity contribution in [1.82, 2.24) is 0 Å². The molecule has 0 saturated carbocycles. The molecule has 0 fully saturated rings. The molecule has 0 bridgehead atoms. The zero-order valence-electron chi connectivity index (χ0n) is 16.8. The van der Waals surface area contributed by atoms with E-state index in [4.69, 9.17) is 0 Å². The number of carboxylic acids is 1. The maximum absolute atomic E-state index is 12.4. The van der Waals surface area contributed by atoms with Gasteiger partial charge in [-0.2, -0.15) is 0 Å². The number of Topliss-reactive ketones (excluding diaryl/α,β-unsaturated/α-hetero) is 1. The summed E-state index contributed by atoms with van der Waals surface area (Å²) < 4.78 is 0.327. The molecule has 0 saturated heterocycles. The number of rotatable bonds is 16. The summed E-state index contributed by atoms with van der Waals surface area (Å²) in [5.74, 6) is -1.75. The fourth-order valence-corrected chi connectivity index (χ4v) is 3.27. The molecule has 0 aromatic heterocycles. The van der Waals surface area contributed by atoms with Crippen molar-refractivity contribution in [3.63, 3.8) is 0 Å². The number of unbranched alkanes of at least 4 members (excludes halogenated alkanes) is 9. The van der Waals surface area contributed by atoms with Crippen LogP contribution in [0.15, 0.2) is 0 Å². The molecule has 0 aliphatic carbocycles. The summed E-state index contributed by atoms with van der Waals surface area (Å²) in [6.45, 7) is 2.30. The minimum Gasteiger partial charge on any atom is -0.550 e. The lowest BCUT2D eigenvalue weighted by Gasteiger charge is -2.34. The van der Waals surface area contributed by atoms with Crippen LogP contribution in [0, 0.1) is 0 Å². The van der Waals surface area contributed by atoms with Crippen molar-refractivity contribution < 1.29 is 24.3 Å². The van der Waals surface area contributed by atoms with Crippen LogP contribution in [0.25, 0.3) is 0 Å². The third-order valence-corrected chi connectivity index (χ3v) is 4.45. The van der Waals surface area contributed by atoms with E-state index in [1.165, 1.54) is 44.9 Å². The van der Waals surface area contributed by atoms with E-state index in [1.807, 2.05) is 21.1 Å². The average Bonchev–Trinajstić information content (AvgIpc) is 2.46. The molecule has 0 unspecified atom stereocenters. The Balaban J connectivity index is 4.05. The van der Waals surface area contributed by atoms with Crippen LogP contribution in [0.5, 0.6) is 0 Å². The van der Waals surface area contributed by atoms with Crippen molar-refractivity contribution in [3.8, 4) is 0 Å². The molecule has 0 aliphatic heterocycles. The standard InChI is InChI=1S/C20H39NO4/c1-5-6-7-8-9-10-11-12-13-14-15-18(22)20(25,16-19(23)24)17-21(2,3)4/h25H,5-17H2,1-4H3/t20-/m1/s1. The second-order valence-corrected chi connectivity index (χ2v) is 8.38. The Kier molecular flexibility index (Phi) is 12.0. The Morgan fingerprint density at radius 1 is 0.880 bits per heavy atom. The summed E-state index contributed by atoms with van der Waals surface area (Å²) in [7, 11) is 5.48. The van der Waals surface area contributed by atoms with E-state index >= 15 is 0 Å². The molecular formula is C20H39NO4. The van der Waals surface area contributed by atoms with E-state index in [0.29, 0.717) is 10.9 Å². The van der Waals surface area contributed by atoms with Crippen molar-refractivity contribution in [2.75, 3.05) is 27.7 Å². The lowest BCUT2D eigenvalue weighted by Crippen LogP contribution is -2.56. The quantitative estimate of drug-likeness (QED) is 0.340. The van der Waals surface area contributed by atoms with E-state index in [9.17, 15) is 19.8 Å². The van der Waals surface area contributed by atoms with E-state index in [2.05, 4.69) is 6.92 Å². The number of carbonyl (C=O) groups is 2. The maximum atomic E-state index is 12.4. The molecule has 0 aromatic rings. The minimum atomic E-state index is -1.82. The van der Waals surface area contributed by atoms with Gasteiger partial charge >= 0.3 is 0 Å². The lowest BCUT2D eigenvalue weighted by atomic mass is 9.89. The van der Waals surface area contributed by atoms with Crippen molar-refractivity contribution in [3.05, 3.63) is 0 Å². The van der Waals surface area contributed by atoms with Gasteiger partial charge in [0.05, 0.1) is 21.1 Å². The first-order chi connectivity index (χ1) is 11.6. The number of carboxylic acid groups (broad SMARTS) is 1. The molecule has 0 aliphatic rings. The second-order valence-electron chi connectivity index (χ2n) is 8.38. The summed E-state index contributed by atoms with van der Waals surface area (Å²) in [5, 5.41) is 21.5. The zero-order valence-corrected chi connectivity index (χ0v) is 16.8. The number of aliphatic hydroxyl groups is 1. The van der Waals surface area contributed by atoms with Crippen molar-refractivity contribution in [2.24, 2.45) is 0 Å². The molecule has 0 amide bonds. The highest BCUT2D eigenvalue weighted by Gasteiger charge is 2.40. The van der Waals surface area contributed by atoms with Crippen LogP contribution < -0.4 is 5.11 Å². The normalized spacial score (nSPS) is 14.3. The highest BCUT2D eigenvalue weighted by molar-refractivity contribution is 5.90. The van der Waals surface area contributed by atoms with E-state index in [1.54, 1.807) is 0 Å². The predicted molar refractivity (Wildman–Crippen MR) is 98.9 cm³/mol. The Morgan fingerprint density at radius 2 is 1.32 bits per heavy atom. The smallest absolute Gasteiger partial charge is 0.177 e. The van der Waals surface area contributed by atoms with Gasteiger partial charge < -0.3 is 19.5 Å². The summed E-state index contributed by atoms with van der Waals surface area (Å²) in [5.41, 5.74) is -1.82. The molecule has 0 rings (SSSR count). The van der Waals surface area contributed by atoms with Gasteiger partial charge in [-0.25, -0.2) is 0 Å². The third kappa shape index (κ3) is 13.0. The van der Waals surface area contributed by atoms with Crippen LogP contribution in [0.4, 0.5) is 0 Å². The van der Waals surface area contributed by atoms with Crippen molar-refractivity contribution in [1.29, 1.82) is 0 Å². The number of quaternary nitrogens is 1. The van der Waals surface area contributed by atoms with E-state index in [-0.39, 0.29) is 18.7 Å². The maximum Gasteiger partial charge on any atom is 0.177 e. The molecule has 5 nitrogen and oxygen atoms in total. The average molecular weight is 358 g/mol. The number of nitrogens with zero attached hydrogens (tertiary/aromatic N) is 1. The van der Waals surface area contributed by atoms with Gasteiger partial charge in [0.15, 0.2) is 11.4 Å². The van der Waals surface area contributed by atoms with Gasteiger partial charge in [-0.3, -0.25) is 4.79 Å². The fraction of sp³-hybridized carbons (Fsp3) is 0.900. The molecule has 5 heteroatoms. The Hall–Kier alpha value is -0.940. The van der Waals surface area contributed by atoms with Crippen molar-refractivity contribution >= 4 is 11.8 Å². The second kappa shape index (κ2) is 12.4. The first-order valence-corrected chi connectivity index (χ1v) is 9.87. The molecule has 0 radical (unpaired) electrons. The number of carbonyl (C=O) groups excluding carboxylic acids is 2. The SMILES string of the molecule is CCCCCCCCCCCCC(=O)[C@@](O)(CC(=O)[O-])C[N+](C)(C)C. The van der Waals surface area contributed by atoms with Gasteiger partial charge in [-0.15, -0.1) is 0 Å². The fourth-order valence-electron chi connectivity index (χ4n) is 3.27. The number of hydrogen-bond donors (Lipinski definition) is 1. The largest absolute Gasteiger partial charge is 0.550 e. The molecule has 25 heavy (non-hydrogen) atoms. The third-order valence-electron chi connectivity index (χ3n) is 4.45. The Morgan fingerprint density at radius 3 is 1.72 bits per heavy atom. The molecule has 0 aromatic carbocycles. The summed E-state index contributed by atoms with van der Waals surface area (Å²) in [4.78, 5) is 23.3. The van der Waals surface area contributed by atoms with Crippen LogP contribution in [0.3, 0.4) is 0 Å². The first kappa shape index (κ1) is 24.1. The zero-order chi connectivity index (χ0) is 19.3. The molecule has 0 heterocycles. The van der Waals surface area contributed by atoms with Gasteiger partial charge in [-0.1, -0.05) is 64.7 Å². The molecule has 0 spiro atoms. The predicted octanol–water partition coefficient (Wildman–Crippen LogP) is 2.44. The monoisotopic (exact) mass is 357 g/mol. The van der Waals surface area contributed by atoms with Gasteiger partial charge in [0.1, 0.15) is 6.54 Å². The molecule has 1 N–H and O–H groups in total. The Bertz CT molecular complexity index is 390. The number of hydrogen-bond acceptors (Lipinski definition) is 4. The number of aliphatic carboxylic acids is 1. The molecule has 148 valence electrons. The molecule has 1 atom stereocenters. The van der Waals surface area contributed by atoms with Crippen LogP contribution >= 0.6 is 0 Å². The van der Waals surface area contributed by atoms with Crippen LogP contribution in [-0.2, 0) is 9.59 Å². The highest BCUT2D eigenvalue weighted by atomic mass is 16.4. The lowest BCUT2D eigenvalue weighted by molar-refractivity contribution is -0.875. The summed E-state index contributed by atoms with van der Waals surface area (Å²) in [6.07, 6.45) is 11.3. The van der Waals surface area contributed by atoms with E-state index < -0.39 is 18.0 Å². The van der Waals surface area contributed by atoms with E-state index in [0.717, 1.165) is 12.8 Å². The van der Waals surface area contributed by atoms with Gasteiger partial charge in [0.2, 0.25) is 0 Å². The van der Waals surface area contributed by atoms with Crippen LogP contribution in [0.1, 0.15) is 84.0 Å². The van der Waals surface area contributed by atoms with Gasteiger partial charge in [0.25, 0.3) is 0 Å². The molecular weight excluding hydrogens is 318 g/mol. The summed E-state index contributed by atoms with van der Waals surface area (Å²) in [6, 6.07) is 0. The number of ketones is 1. The number of likely N-dealkylation sites (N-methyl/N-ethyl adjacent to an activating group) is 1.